The quantitative estimate of drug-likeness (QED) is 0.266. The van der Waals surface area contributed by atoms with Crippen LogP contribution in [0.1, 0.15) is 16.5 Å². The van der Waals surface area contributed by atoms with Crippen molar-refractivity contribution in [2.75, 3.05) is 11.1 Å². The van der Waals surface area contributed by atoms with Gasteiger partial charge < -0.3 is 14.8 Å². The van der Waals surface area contributed by atoms with Crippen LogP contribution in [0.25, 0.3) is 22.5 Å². The number of carbonyl (C=O) groups is 1. The summed E-state index contributed by atoms with van der Waals surface area (Å²) in [6, 6.07) is 28.6. The summed E-state index contributed by atoms with van der Waals surface area (Å²) in [7, 11) is 0. The molecular formula is C26H19ClN2O3S. The molecule has 0 fully saturated rings. The van der Waals surface area contributed by atoms with Gasteiger partial charge in [-0.2, -0.15) is 5.26 Å². The van der Waals surface area contributed by atoms with Crippen molar-refractivity contribution in [1.29, 1.82) is 5.26 Å². The Morgan fingerprint density at radius 2 is 1.61 bits per heavy atom. The van der Waals surface area contributed by atoms with Gasteiger partial charge >= 0.3 is 5.97 Å². The number of nitriles is 1. The molecular weight excluding hydrogens is 456 g/mol. The van der Waals surface area contributed by atoms with Gasteiger partial charge in [0.2, 0.25) is 5.88 Å². The fraction of sp³-hybridized carbons (Fsp3) is 0.0769. The summed E-state index contributed by atoms with van der Waals surface area (Å²) < 4.78 is 6.24. The minimum Gasteiger partial charge on any atom is -0.481 e. The Balaban J connectivity index is 1.82. The lowest BCUT2D eigenvalue weighted by Gasteiger charge is -2.18. The maximum atomic E-state index is 11.2. The van der Waals surface area contributed by atoms with Gasteiger partial charge in [-0.05, 0) is 23.3 Å². The second kappa shape index (κ2) is 10.3. The standard InChI is InChI=1S/C26H19ClN2O3S/c27-20-13-11-19(12-14-20)26(33-16-22(30)31)29-25-21(15-28)23(17-7-3-1-4-8-17)24(32-25)18-9-5-2-6-10-18/h1-14,26,29H,16H2,(H,30,31)/t26-/m0/s1. The number of anilines is 1. The number of hydrogen-bond acceptors (Lipinski definition) is 5. The highest BCUT2D eigenvalue weighted by molar-refractivity contribution is 8.00. The van der Waals surface area contributed by atoms with E-state index in [1.165, 1.54) is 11.8 Å². The minimum atomic E-state index is -0.935. The second-order valence-corrected chi connectivity index (χ2v) is 8.66. The Hall–Kier alpha value is -3.66. The van der Waals surface area contributed by atoms with Gasteiger partial charge in [0, 0.05) is 16.1 Å². The largest absolute Gasteiger partial charge is 0.481 e. The first-order chi connectivity index (χ1) is 16.1. The van der Waals surface area contributed by atoms with Crippen LogP contribution >= 0.6 is 23.4 Å². The molecule has 0 saturated carbocycles. The van der Waals surface area contributed by atoms with Crippen molar-refractivity contribution in [1.82, 2.24) is 0 Å². The van der Waals surface area contributed by atoms with Crippen molar-refractivity contribution in [2.45, 2.75) is 5.37 Å². The van der Waals surface area contributed by atoms with Crippen molar-refractivity contribution >= 4 is 35.2 Å². The number of aliphatic carboxylic acids is 1. The molecule has 0 saturated heterocycles. The number of nitrogens with zero attached hydrogens (tertiary/aromatic N) is 1. The van der Waals surface area contributed by atoms with E-state index in [2.05, 4.69) is 11.4 Å². The summed E-state index contributed by atoms with van der Waals surface area (Å²) in [5, 5.41) is 22.7. The molecule has 3 aromatic carbocycles. The summed E-state index contributed by atoms with van der Waals surface area (Å²) in [5.41, 5.74) is 3.54. The van der Waals surface area contributed by atoms with E-state index >= 15 is 0 Å². The first-order valence-electron chi connectivity index (χ1n) is 10.1. The molecule has 2 N–H and O–H groups in total. The van der Waals surface area contributed by atoms with E-state index in [0.717, 1.165) is 16.7 Å². The summed E-state index contributed by atoms with van der Waals surface area (Å²) in [5.74, 6) is -0.206. The van der Waals surface area contributed by atoms with Crippen molar-refractivity contribution < 1.29 is 14.3 Å². The Labute approximate surface area is 200 Å². The maximum Gasteiger partial charge on any atom is 0.313 e. The first kappa shape index (κ1) is 22.5. The number of benzene rings is 3. The Morgan fingerprint density at radius 3 is 2.18 bits per heavy atom. The molecule has 0 aliphatic carbocycles. The van der Waals surface area contributed by atoms with Crippen molar-refractivity contribution in [2.24, 2.45) is 0 Å². The molecule has 4 rings (SSSR count). The van der Waals surface area contributed by atoms with Gasteiger partial charge in [-0.3, -0.25) is 4.79 Å². The number of thioether (sulfide) groups is 1. The molecule has 33 heavy (non-hydrogen) atoms. The van der Waals surface area contributed by atoms with E-state index in [1.807, 2.05) is 72.8 Å². The lowest BCUT2D eigenvalue weighted by Crippen LogP contribution is -2.11. The fourth-order valence-electron chi connectivity index (χ4n) is 3.45. The summed E-state index contributed by atoms with van der Waals surface area (Å²) in [6.07, 6.45) is 0. The van der Waals surface area contributed by atoms with E-state index in [9.17, 15) is 15.2 Å². The van der Waals surface area contributed by atoms with E-state index in [1.54, 1.807) is 12.1 Å². The number of rotatable bonds is 8. The highest BCUT2D eigenvalue weighted by Gasteiger charge is 2.25. The Bertz CT molecular complexity index is 1280. The van der Waals surface area contributed by atoms with Crippen LogP contribution in [0.3, 0.4) is 0 Å². The predicted molar refractivity (Wildman–Crippen MR) is 132 cm³/mol. The Kier molecular flexibility index (Phi) is 7.04. The summed E-state index contributed by atoms with van der Waals surface area (Å²) in [6.45, 7) is 0. The number of halogens is 1. The SMILES string of the molecule is N#Cc1c(N[C@@H](SCC(=O)O)c2ccc(Cl)cc2)oc(-c2ccccc2)c1-c1ccccc1. The number of carboxylic acid groups (broad SMARTS) is 1. The lowest BCUT2D eigenvalue weighted by molar-refractivity contribution is -0.133. The van der Waals surface area contributed by atoms with Crippen LogP contribution in [0.5, 0.6) is 0 Å². The average molecular weight is 475 g/mol. The average Bonchev–Trinajstić information content (AvgIpc) is 3.21. The van der Waals surface area contributed by atoms with Gasteiger partial charge in [-0.1, -0.05) is 84.4 Å². The number of furan rings is 1. The maximum absolute atomic E-state index is 11.2. The zero-order valence-electron chi connectivity index (χ0n) is 17.4. The van der Waals surface area contributed by atoms with Crippen molar-refractivity contribution in [3.05, 3.63) is 101 Å². The van der Waals surface area contributed by atoms with Gasteiger partial charge in [0.05, 0.1) is 5.75 Å². The third kappa shape index (κ3) is 5.23. The van der Waals surface area contributed by atoms with Crippen LogP contribution in [-0.4, -0.2) is 16.8 Å². The molecule has 0 radical (unpaired) electrons. The third-order valence-corrected chi connectivity index (χ3v) is 6.32. The number of carboxylic acids is 1. The highest BCUT2D eigenvalue weighted by atomic mass is 35.5. The zero-order chi connectivity index (χ0) is 23.2. The minimum absolute atomic E-state index is 0.125. The van der Waals surface area contributed by atoms with Crippen LogP contribution in [0.2, 0.25) is 5.02 Å². The summed E-state index contributed by atoms with van der Waals surface area (Å²) in [4.78, 5) is 11.2. The predicted octanol–water partition coefficient (Wildman–Crippen LogP) is 7.07. The molecule has 0 unspecified atom stereocenters. The van der Waals surface area contributed by atoms with Gasteiger partial charge in [0.25, 0.3) is 0 Å². The molecule has 0 aliphatic rings. The van der Waals surface area contributed by atoms with Crippen molar-refractivity contribution in [3.8, 4) is 28.5 Å². The number of hydrogen-bond donors (Lipinski definition) is 2. The smallest absolute Gasteiger partial charge is 0.313 e. The second-order valence-electron chi connectivity index (χ2n) is 7.13. The van der Waals surface area contributed by atoms with Gasteiger partial charge in [-0.25, -0.2) is 0 Å². The van der Waals surface area contributed by atoms with E-state index in [-0.39, 0.29) is 11.6 Å². The fourth-order valence-corrected chi connectivity index (χ4v) is 4.42. The van der Waals surface area contributed by atoms with Crippen molar-refractivity contribution in [3.63, 3.8) is 0 Å². The number of nitrogens with one attached hydrogen (secondary N) is 1. The molecule has 1 heterocycles. The molecule has 164 valence electrons. The van der Waals surface area contributed by atoms with E-state index in [4.69, 9.17) is 16.0 Å². The molecule has 0 spiro atoms. The molecule has 1 aromatic heterocycles. The normalized spacial score (nSPS) is 11.5. The van der Waals surface area contributed by atoms with Crippen LogP contribution in [0.15, 0.2) is 89.3 Å². The molecule has 0 amide bonds. The lowest BCUT2D eigenvalue weighted by atomic mass is 9.98. The van der Waals surface area contributed by atoms with Gasteiger partial charge in [0.15, 0.2) is 0 Å². The van der Waals surface area contributed by atoms with Gasteiger partial charge in [-0.15, -0.1) is 11.8 Å². The molecule has 5 nitrogen and oxygen atoms in total. The molecule has 0 bridgehead atoms. The monoisotopic (exact) mass is 474 g/mol. The van der Waals surface area contributed by atoms with E-state index in [0.29, 0.717) is 21.9 Å². The molecule has 0 aliphatic heterocycles. The third-order valence-electron chi connectivity index (χ3n) is 4.93. The molecule has 4 aromatic rings. The topological polar surface area (TPSA) is 86.3 Å². The molecule has 7 heteroatoms. The van der Waals surface area contributed by atoms with Crippen LogP contribution < -0.4 is 5.32 Å². The van der Waals surface area contributed by atoms with Crippen LogP contribution in [0, 0.1) is 11.3 Å². The Morgan fingerprint density at radius 1 is 1.00 bits per heavy atom. The highest BCUT2D eigenvalue weighted by Crippen LogP contribution is 2.43. The van der Waals surface area contributed by atoms with Crippen LogP contribution in [-0.2, 0) is 4.79 Å². The zero-order valence-corrected chi connectivity index (χ0v) is 18.9. The molecule has 1 atom stereocenters. The van der Waals surface area contributed by atoms with Crippen LogP contribution in [0.4, 0.5) is 5.88 Å². The van der Waals surface area contributed by atoms with Gasteiger partial charge in [0.1, 0.15) is 22.8 Å². The van der Waals surface area contributed by atoms with E-state index < -0.39 is 11.3 Å². The summed E-state index contributed by atoms with van der Waals surface area (Å²) >= 11 is 7.21. The first-order valence-corrected chi connectivity index (χ1v) is 11.5.